The lowest BCUT2D eigenvalue weighted by Crippen LogP contribution is -2.59. The molecule has 2 aromatic heterocycles. The summed E-state index contributed by atoms with van der Waals surface area (Å²) in [6.45, 7) is 3.06. The first-order valence-electron chi connectivity index (χ1n) is 8.82. The van der Waals surface area contributed by atoms with E-state index in [9.17, 15) is 4.79 Å². The normalized spacial score (nSPS) is 23.1. The monoisotopic (exact) mass is 327 g/mol. The van der Waals surface area contributed by atoms with Crippen LogP contribution in [0.5, 0.6) is 0 Å². The summed E-state index contributed by atoms with van der Waals surface area (Å²) in [6, 6.07) is 6.20. The van der Waals surface area contributed by atoms with Crippen molar-refractivity contribution in [3.8, 4) is 0 Å². The predicted molar refractivity (Wildman–Crippen MR) is 91.6 cm³/mol. The van der Waals surface area contributed by atoms with Crippen LogP contribution in [0.4, 0.5) is 0 Å². The summed E-state index contributed by atoms with van der Waals surface area (Å²) in [4.78, 5) is 14.9. The number of carbonyl (C=O) groups excluding carboxylic acids is 1. The van der Waals surface area contributed by atoms with Crippen LogP contribution in [0.3, 0.4) is 0 Å². The average Bonchev–Trinajstić information content (AvgIpc) is 3.24. The van der Waals surface area contributed by atoms with E-state index in [2.05, 4.69) is 10.2 Å². The molecule has 5 heteroatoms. The number of rotatable bonds is 4. The molecule has 5 nitrogen and oxygen atoms in total. The number of nitrogens with zero attached hydrogens (tertiary/aromatic N) is 2. The molecule has 1 N–H and O–H groups in total. The number of aryl methyl sites for hydroxylation is 1. The summed E-state index contributed by atoms with van der Waals surface area (Å²) >= 11 is 0. The highest BCUT2D eigenvalue weighted by Gasteiger charge is 2.48. The summed E-state index contributed by atoms with van der Waals surface area (Å²) < 4.78 is 7.37. The number of likely N-dealkylation sites (tertiary alicyclic amines) is 1. The van der Waals surface area contributed by atoms with Gasteiger partial charge in [-0.15, -0.1) is 0 Å². The van der Waals surface area contributed by atoms with Crippen molar-refractivity contribution in [2.75, 3.05) is 13.1 Å². The topological polar surface area (TPSA) is 50.4 Å². The SMILES string of the molecule is Cn1ccc(C(=O)NC2CCC23CCN(Cc2ccco2)CC3)c1. The molecule has 0 radical (unpaired) electrons. The van der Waals surface area contributed by atoms with Crippen LogP contribution in [0.1, 0.15) is 41.8 Å². The molecule has 3 heterocycles. The molecule has 1 unspecified atom stereocenters. The number of nitrogens with one attached hydrogen (secondary N) is 1. The van der Waals surface area contributed by atoms with Crippen LogP contribution in [0, 0.1) is 5.41 Å². The molecule has 2 fully saturated rings. The summed E-state index contributed by atoms with van der Waals surface area (Å²) in [7, 11) is 1.94. The van der Waals surface area contributed by atoms with Crippen molar-refractivity contribution in [3.05, 3.63) is 48.2 Å². The van der Waals surface area contributed by atoms with Gasteiger partial charge < -0.3 is 14.3 Å². The van der Waals surface area contributed by atoms with Crippen LogP contribution in [0.25, 0.3) is 0 Å². The Morgan fingerprint density at radius 3 is 2.75 bits per heavy atom. The highest BCUT2D eigenvalue weighted by molar-refractivity contribution is 5.94. The Morgan fingerprint density at radius 1 is 1.33 bits per heavy atom. The second kappa shape index (κ2) is 6.13. The number of hydrogen-bond acceptors (Lipinski definition) is 3. The summed E-state index contributed by atoms with van der Waals surface area (Å²) in [5.74, 6) is 1.10. The molecule has 128 valence electrons. The van der Waals surface area contributed by atoms with E-state index in [1.165, 1.54) is 6.42 Å². The van der Waals surface area contributed by atoms with Crippen molar-refractivity contribution in [1.82, 2.24) is 14.8 Å². The zero-order chi connectivity index (χ0) is 16.6. The van der Waals surface area contributed by atoms with Gasteiger partial charge in [-0.1, -0.05) is 0 Å². The molecule has 4 rings (SSSR count). The second-order valence-electron chi connectivity index (χ2n) is 7.35. The van der Waals surface area contributed by atoms with Gasteiger partial charge in [-0.2, -0.15) is 0 Å². The molecule has 2 aromatic rings. The molecule has 1 saturated heterocycles. The molecule has 1 aliphatic heterocycles. The van der Waals surface area contributed by atoms with Crippen LogP contribution in [0.15, 0.2) is 41.3 Å². The molecule has 1 atom stereocenters. The Bertz CT molecular complexity index is 696. The maximum absolute atomic E-state index is 12.4. The van der Waals surface area contributed by atoms with Gasteiger partial charge in [0.15, 0.2) is 0 Å². The minimum absolute atomic E-state index is 0.0673. The minimum Gasteiger partial charge on any atom is -0.468 e. The zero-order valence-electron chi connectivity index (χ0n) is 14.2. The lowest BCUT2D eigenvalue weighted by molar-refractivity contribution is -0.00848. The van der Waals surface area contributed by atoms with Crippen molar-refractivity contribution in [1.29, 1.82) is 0 Å². The Morgan fingerprint density at radius 2 is 2.17 bits per heavy atom. The maximum atomic E-state index is 12.4. The van der Waals surface area contributed by atoms with Crippen molar-refractivity contribution < 1.29 is 9.21 Å². The third kappa shape index (κ3) is 2.88. The van der Waals surface area contributed by atoms with E-state index in [1.807, 2.05) is 42.2 Å². The smallest absolute Gasteiger partial charge is 0.253 e. The number of hydrogen-bond donors (Lipinski definition) is 1. The fraction of sp³-hybridized carbons (Fsp3) is 0.526. The van der Waals surface area contributed by atoms with Crippen molar-refractivity contribution in [2.45, 2.75) is 38.3 Å². The Kier molecular flexibility index (Phi) is 3.96. The van der Waals surface area contributed by atoms with Crippen LogP contribution >= 0.6 is 0 Å². The predicted octanol–water partition coefficient (Wildman–Crippen LogP) is 2.79. The van der Waals surface area contributed by atoms with E-state index >= 15 is 0 Å². The number of piperidine rings is 1. The fourth-order valence-electron chi connectivity index (χ4n) is 4.18. The van der Waals surface area contributed by atoms with Gasteiger partial charge in [0.25, 0.3) is 5.91 Å². The lowest BCUT2D eigenvalue weighted by atomic mass is 9.59. The lowest BCUT2D eigenvalue weighted by Gasteiger charge is -2.54. The van der Waals surface area contributed by atoms with E-state index in [0.717, 1.165) is 50.2 Å². The first kappa shape index (κ1) is 15.5. The maximum Gasteiger partial charge on any atom is 0.253 e. The van der Waals surface area contributed by atoms with Gasteiger partial charge in [-0.3, -0.25) is 9.69 Å². The fourth-order valence-corrected chi connectivity index (χ4v) is 4.18. The van der Waals surface area contributed by atoms with Gasteiger partial charge in [-0.25, -0.2) is 0 Å². The molecule has 1 saturated carbocycles. The molecule has 1 amide bonds. The quantitative estimate of drug-likeness (QED) is 0.939. The Labute approximate surface area is 142 Å². The van der Waals surface area contributed by atoms with Crippen LogP contribution in [-0.4, -0.2) is 34.5 Å². The first-order valence-corrected chi connectivity index (χ1v) is 8.82. The average molecular weight is 327 g/mol. The van der Waals surface area contributed by atoms with Gasteiger partial charge >= 0.3 is 0 Å². The standard InChI is InChI=1S/C19H25N3O2/c1-21-9-5-15(13-21)18(23)20-17-4-6-19(17)7-10-22(11-8-19)14-16-3-2-12-24-16/h2-3,5,9,12-13,17H,4,6-8,10-11,14H2,1H3,(H,20,23). The summed E-state index contributed by atoms with van der Waals surface area (Å²) in [5, 5.41) is 3.28. The molecule has 0 bridgehead atoms. The molecule has 24 heavy (non-hydrogen) atoms. The minimum atomic E-state index is 0.0673. The zero-order valence-corrected chi connectivity index (χ0v) is 14.2. The second-order valence-corrected chi connectivity index (χ2v) is 7.35. The van der Waals surface area contributed by atoms with E-state index in [0.29, 0.717) is 11.5 Å². The molecular weight excluding hydrogens is 302 g/mol. The van der Waals surface area contributed by atoms with Gasteiger partial charge in [0.2, 0.25) is 0 Å². The number of aromatic nitrogens is 1. The van der Waals surface area contributed by atoms with Crippen molar-refractivity contribution in [3.63, 3.8) is 0 Å². The van der Waals surface area contributed by atoms with Gasteiger partial charge in [-0.05, 0) is 62.4 Å². The number of amides is 1. The van der Waals surface area contributed by atoms with Crippen molar-refractivity contribution in [2.24, 2.45) is 12.5 Å². The van der Waals surface area contributed by atoms with Gasteiger partial charge in [0, 0.05) is 25.5 Å². The first-order chi connectivity index (χ1) is 11.6. The van der Waals surface area contributed by atoms with Gasteiger partial charge in [0.05, 0.1) is 18.4 Å². The van der Waals surface area contributed by atoms with Crippen LogP contribution in [-0.2, 0) is 13.6 Å². The van der Waals surface area contributed by atoms with E-state index < -0.39 is 0 Å². The highest BCUT2D eigenvalue weighted by Crippen LogP contribution is 2.49. The van der Waals surface area contributed by atoms with Crippen LogP contribution < -0.4 is 5.32 Å². The van der Waals surface area contributed by atoms with E-state index in [1.54, 1.807) is 6.26 Å². The Balaban J connectivity index is 1.32. The summed E-state index contributed by atoms with van der Waals surface area (Å²) in [5.41, 5.74) is 1.07. The molecule has 2 aliphatic rings. The molecule has 0 aromatic carbocycles. The third-order valence-corrected chi connectivity index (χ3v) is 5.88. The largest absolute Gasteiger partial charge is 0.468 e. The van der Waals surface area contributed by atoms with E-state index in [4.69, 9.17) is 4.42 Å². The molecular formula is C19H25N3O2. The number of carbonyl (C=O) groups is 1. The number of furan rings is 1. The van der Waals surface area contributed by atoms with Crippen molar-refractivity contribution >= 4 is 5.91 Å². The summed E-state index contributed by atoms with van der Waals surface area (Å²) in [6.07, 6.45) is 10.2. The molecule has 1 aliphatic carbocycles. The van der Waals surface area contributed by atoms with E-state index in [-0.39, 0.29) is 5.91 Å². The molecule has 1 spiro atoms. The van der Waals surface area contributed by atoms with Gasteiger partial charge in [0.1, 0.15) is 5.76 Å². The van der Waals surface area contributed by atoms with Crippen LogP contribution in [0.2, 0.25) is 0 Å². The highest BCUT2D eigenvalue weighted by atomic mass is 16.3. The Hall–Kier alpha value is -2.01. The third-order valence-electron chi connectivity index (χ3n) is 5.88.